The lowest BCUT2D eigenvalue weighted by atomic mass is 9.86. The number of carbonyl (C=O) groups is 17. The van der Waals surface area contributed by atoms with Crippen LogP contribution in [0.2, 0.25) is 0 Å². The van der Waals surface area contributed by atoms with Crippen LogP contribution < -0.4 is 70.8 Å². The fraction of sp³-hybridized carbons (Fsp3) is 0.574. The highest BCUT2D eigenvalue weighted by molar-refractivity contribution is 8.00. The number of ketones is 2. The Kier molecular flexibility index (Phi) is 40.6. The van der Waals surface area contributed by atoms with Crippen LogP contribution in [0.1, 0.15) is 174 Å². The molecule has 15 atom stereocenters. The Balaban J connectivity index is 1.20. The molecule has 0 spiro atoms. The average Bonchev–Trinajstić information content (AvgIpc) is 1.71. The highest BCUT2D eigenvalue weighted by Gasteiger charge is 2.47. The molecule has 40 nitrogen and oxygen atoms in total. The van der Waals surface area contributed by atoms with E-state index >= 15 is 43.2 Å². The van der Waals surface area contributed by atoms with E-state index in [4.69, 9.17) is 28.3 Å². The first kappa shape index (κ1) is 108. The summed E-state index contributed by atoms with van der Waals surface area (Å²) >= 11 is 0.800. The molecule has 2 aromatic heterocycles. The van der Waals surface area contributed by atoms with Crippen LogP contribution in [-0.2, 0) is 106 Å². The number of primary amides is 2. The Morgan fingerprint density at radius 3 is 1.72 bits per heavy atom. The molecule has 15 amide bonds. The van der Waals surface area contributed by atoms with Crippen LogP contribution >= 0.6 is 11.8 Å². The van der Waals surface area contributed by atoms with Crippen molar-refractivity contribution in [1.29, 1.82) is 5.41 Å². The molecule has 738 valence electrons. The maximum absolute atomic E-state index is 15.8. The number of thioether (sulfide) groups is 1. The number of H-pyrrole nitrogens is 2. The lowest BCUT2D eigenvalue weighted by Gasteiger charge is -2.36. The van der Waals surface area contributed by atoms with Crippen molar-refractivity contribution in [3.05, 3.63) is 107 Å². The predicted octanol–water partition coefficient (Wildman–Crippen LogP) is -0.163. The number of nitrogens with zero attached hydrogens (tertiary/aromatic N) is 5. The predicted molar refractivity (Wildman–Crippen MR) is 506 cm³/mol. The van der Waals surface area contributed by atoms with Gasteiger partial charge in [-0.15, -0.1) is 11.8 Å². The van der Waals surface area contributed by atoms with Gasteiger partial charge in [0.2, 0.25) is 88.6 Å². The number of guanidine groups is 1. The van der Waals surface area contributed by atoms with E-state index in [1.807, 2.05) is 58.9 Å². The van der Waals surface area contributed by atoms with Gasteiger partial charge in [0.15, 0.2) is 17.5 Å². The van der Waals surface area contributed by atoms with Crippen molar-refractivity contribution >= 4 is 140 Å². The van der Waals surface area contributed by atoms with Crippen LogP contribution in [-0.4, -0.2) is 301 Å². The zero-order valence-corrected chi connectivity index (χ0v) is 79.8. The summed E-state index contributed by atoms with van der Waals surface area (Å²) in [7, 11) is 4.03. The van der Waals surface area contributed by atoms with Crippen LogP contribution in [0.4, 0.5) is 0 Å². The van der Waals surface area contributed by atoms with Gasteiger partial charge in [0, 0.05) is 125 Å². The van der Waals surface area contributed by atoms with Gasteiger partial charge in [0.25, 0.3) is 0 Å². The van der Waals surface area contributed by atoms with E-state index in [2.05, 4.69) is 57.8 Å². The minimum atomic E-state index is -1.75. The van der Waals surface area contributed by atoms with E-state index in [1.54, 1.807) is 74.8 Å². The van der Waals surface area contributed by atoms with Gasteiger partial charge in [-0.05, 0) is 110 Å². The summed E-state index contributed by atoms with van der Waals surface area (Å²) in [5.41, 5.74) is 26.7. The molecule has 0 aliphatic carbocycles. The largest absolute Gasteiger partial charge is 0.394 e. The van der Waals surface area contributed by atoms with E-state index in [9.17, 15) is 48.6 Å². The Hall–Kier alpha value is -12.4. The molecule has 0 saturated carbocycles. The highest BCUT2D eigenvalue weighted by Crippen LogP contribution is 2.32. The quantitative estimate of drug-likeness (QED) is 0.0205. The number of aromatic nitrogens is 2. The van der Waals surface area contributed by atoms with E-state index in [0.29, 0.717) is 64.2 Å². The molecule has 3 saturated heterocycles. The highest BCUT2D eigenvalue weighted by atomic mass is 32.2. The molecule has 0 unspecified atom stereocenters. The number of nitrogens with one attached hydrogen (secondary N) is 12. The van der Waals surface area contributed by atoms with Gasteiger partial charge in [-0.2, -0.15) is 0 Å². The van der Waals surface area contributed by atoms with Crippen molar-refractivity contribution in [3.8, 4) is 0 Å². The number of hydrogen-bond acceptors (Lipinski definition) is 22. The van der Waals surface area contributed by atoms with Gasteiger partial charge in [-0.3, -0.25) is 86.9 Å². The van der Waals surface area contributed by atoms with Crippen LogP contribution in [0.3, 0.4) is 0 Å². The number of fused-ring (bicyclic) bond motifs is 4. The summed E-state index contributed by atoms with van der Waals surface area (Å²) in [5, 5.41) is 55.6. The lowest BCUT2D eigenvalue weighted by Crippen LogP contribution is -2.61. The third-order valence-electron chi connectivity index (χ3n) is 25.1. The number of nitrogens with two attached hydrogens (primary N) is 4. The minimum Gasteiger partial charge on any atom is -0.394 e. The molecule has 41 heteroatoms. The summed E-state index contributed by atoms with van der Waals surface area (Å²) in [5.74, 6) is -19.3. The fourth-order valence-corrected chi connectivity index (χ4v) is 18.1. The number of likely N-dealkylation sites (N-methyl/N-ethyl adjacent to an activating group) is 3. The molecule has 3 aliphatic rings. The van der Waals surface area contributed by atoms with Gasteiger partial charge < -0.3 is 115 Å². The summed E-state index contributed by atoms with van der Waals surface area (Å²) in [6.45, 7) is 11.7. The molecular formula is C94H137N21O19S. The number of unbranched alkanes of at least 4 members (excludes halogenated alkanes) is 2. The van der Waals surface area contributed by atoms with Crippen molar-refractivity contribution in [2.45, 2.75) is 255 Å². The van der Waals surface area contributed by atoms with Crippen LogP contribution in [0.15, 0.2) is 85.2 Å². The first-order valence-electron chi connectivity index (χ1n) is 46.3. The van der Waals surface area contributed by atoms with E-state index in [0.717, 1.165) is 32.0 Å². The van der Waals surface area contributed by atoms with Crippen molar-refractivity contribution in [1.82, 2.24) is 82.3 Å². The minimum absolute atomic E-state index is 0.00139. The molecular weight excluding hydrogens is 1760 g/mol. The van der Waals surface area contributed by atoms with Crippen LogP contribution in [0, 0.1) is 23.2 Å². The molecule has 0 bridgehead atoms. The molecule has 5 heterocycles. The van der Waals surface area contributed by atoms with E-state index < -0.39 is 254 Å². The van der Waals surface area contributed by atoms with Crippen molar-refractivity contribution < 1.29 is 91.7 Å². The van der Waals surface area contributed by atoms with E-state index in [1.165, 1.54) is 37.9 Å². The molecule has 0 radical (unpaired) electrons. The van der Waals surface area contributed by atoms with Crippen molar-refractivity contribution in [2.24, 2.45) is 40.7 Å². The van der Waals surface area contributed by atoms with Crippen LogP contribution in [0.5, 0.6) is 0 Å². The molecule has 8 rings (SSSR count). The van der Waals surface area contributed by atoms with Gasteiger partial charge >= 0.3 is 0 Å². The Labute approximate surface area is 790 Å². The Morgan fingerprint density at radius 2 is 1.13 bits per heavy atom. The molecule has 3 fully saturated rings. The Bertz CT molecular complexity index is 5060. The summed E-state index contributed by atoms with van der Waals surface area (Å²) in [6.07, 6.45) is 0.900. The van der Waals surface area contributed by atoms with E-state index in [-0.39, 0.29) is 95.1 Å². The molecule has 22 N–H and O–H groups in total. The summed E-state index contributed by atoms with van der Waals surface area (Å²) in [4.78, 5) is 262. The first-order chi connectivity index (χ1) is 64.0. The lowest BCUT2D eigenvalue weighted by molar-refractivity contribution is -0.150. The van der Waals surface area contributed by atoms with Gasteiger partial charge in [-0.1, -0.05) is 135 Å². The third kappa shape index (κ3) is 30.3. The number of aliphatic hydroxyl groups is 2. The zero-order valence-electron chi connectivity index (χ0n) is 79.0. The maximum atomic E-state index is 15.8. The maximum Gasteiger partial charge on any atom is 0.246 e. The third-order valence-corrected chi connectivity index (χ3v) is 26.1. The number of hydrogen-bond donors (Lipinski definition) is 18. The number of aromatic amines is 2. The number of aliphatic hydroxyl groups excluding tert-OH is 2. The van der Waals surface area contributed by atoms with Crippen molar-refractivity contribution in [3.63, 3.8) is 0 Å². The zero-order chi connectivity index (χ0) is 99.4. The summed E-state index contributed by atoms with van der Waals surface area (Å²) < 4.78 is 0. The second-order valence-electron chi connectivity index (χ2n) is 36.8. The monoisotopic (exact) mass is 1900 g/mol. The van der Waals surface area contributed by atoms with Gasteiger partial charge in [0.1, 0.15) is 66.5 Å². The molecule has 135 heavy (non-hydrogen) atoms. The normalized spacial score (nSPS) is 25.0. The number of benzene rings is 3. The number of para-hydroxylation sites is 2. The topological polar surface area (TPSA) is 615 Å². The number of carbonyl (C=O) groups excluding carboxylic acids is 17. The fourth-order valence-electron chi connectivity index (χ4n) is 17.3. The van der Waals surface area contributed by atoms with Crippen LogP contribution in [0.25, 0.3) is 21.8 Å². The Morgan fingerprint density at radius 1 is 0.570 bits per heavy atom. The smallest absolute Gasteiger partial charge is 0.246 e. The number of amides is 15. The standard InChI is InChI=1S/C94H137N21O19S/c1-12-14-27-72-86(128)105-65(26-20-34-100-93(98)99)84(126)110-71(83(125)103-47-79(97)121)50-135-51-80(122)104-67(37-54-30-32-59(33-31-54)94(6,7)8)89(131)111(9)53(5)81(123)106-68(43-78(96)120)90(132)114-35-21-29-73(114)87(129)108-69(44-95)85(127)107-66(36-52(3)4)91(133)115-48-60(117)42-75(115)77(119)40-55(38-57-45-101-63-24-18-16-22-61(57)63)82(124)109-70(49-116)76(118)41-56(39-58-46-102-64-25-19-17-23-62(58)64)88(130)113(11)74(28-15-13-2)92(134)112(72)10/h16-19,22-25,30-33,45-46,52-53,55-56,60,65-75,101-102,116-117H,12-15,20-21,26-29,34-44,47-51,95H2,1-11H3,(H2,96,120)(H2,97,121)(H,103,125)(H,104,122)(H,105,128)(H,106,123)(H,107,127)(H,108,129)(H,109,124)(H,110,126)(H4,98,99,100)/t53-,55+,56+,60+,65-,66-,67-,68-,69-,70-,71-,72-,73-,74-,75-/m0/s1. The van der Waals surface area contributed by atoms with Gasteiger partial charge in [-0.25, -0.2) is 0 Å². The second kappa shape index (κ2) is 50.8. The first-order valence-corrected chi connectivity index (χ1v) is 47.4. The summed E-state index contributed by atoms with van der Waals surface area (Å²) in [6, 6.07) is 3.51. The molecule has 3 aromatic carbocycles. The van der Waals surface area contributed by atoms with Gasteiger partial charge in [0.05, 0.1) is 37.5 Å². The number of Topliss-reactive ketones (excluding diaryl/α,β-unsaturated/α-hetero) is 2. The SMILES string of the molecule is CCCC[C@H]1C(=O)N(C)[C@@H](CCCC)C(=O)N[C@@H](CCCNC(=N)N)C(=O)N[C@H](C(=O)NCC(N)=O)CSCC(=O)N[C@@H](Cc2ccc(C(C)(C)C)cc2)C(=O)N(C)[C@@H](C)C(=O)N[C@@H](CC(N)=O)C(=O)N2CCC[C@H]2C(=O)N[C@@H](CN)C(=O)N[C@@H](CC(C)C)C(=O)N2C[C@H](O)C[C@H]2C(=O)C[C@@H](Cc2c[nH]c3ccccc23)C(=O)N[C@@H](CO)C(=O)C[C@@H](Cc2c[nH]c3ccccc23)C(=O)N1C. The molecule has 3 aliphatic heterocycles. The average molecular weight is 1900 g/mol. The van der Waals surface area contributed by atoms with Crippen molar-refractivity contribution in [2.75, 3.05) is 72.0 Å². The second-order valence-corrected chi connectivity index (χ2v) is 37.9. The number of rotatable bonds is 25. The molecule has 5 aromatic rings.